The van der Waals surface area contributed by atoms with Gasteiger partial charge in [0.15, 0.2) is 0 Å². The van der Waals surface area contributed by atoms with Crippen molar-refractivity contribution in [3.05, 3.63) is 47.2 Å². The summed E-state index contributed by atoms with van der Waals surface area (Å²) in [7, 11) is 0. The Morgan fingerprint density at radius 3 is 2.38 bits per heavy atom. The summed E-state index contributed by atoms with van der Waals surface area (Å²) >= 11 is 0. The van der Waals surface area contributed by atoms with Crippen molar-refractivity contribution in [3.63, 3.8) is 0 Å². The first-order valence-electron chi connectivity index (χ1n) is 9.56. The van der Waals surface area contributed by atoms with Crippen LogP contribution in [-0.4, -0.2) is 24.5 Å². The van der Waals surface area contributed by atoms with Gasteiger partial charge in [-0.2, -0.15) is 26.3 Å². The molecule has 0 bridgehead atoms. The van der Waals surface area contributed by atoms with Crippen molar-refractivity contribution in [1.29, 1.82) is 0 Å². The summed E-state index contributed by atoms with van der Waals surface area (Å²) in [4.78, 5) is 0. The van der Waals surface area contributed by atoms with Crippen molar-refractivity contribution in [2.45, 2.75) is 69.4 Å². The van der Waals surface area contributed by atoms with Crippen LogP contribution in [0.5, 0.6) is 0 Å². The van der Waals surface area contributed by atoms with Crippen molar-refractivity contribution in [1.82, 2.24) is 0 Å². The molecule has 0 saturated heterocycles. The molecule has 0 aliphatic heterocycles. The lowest BCUT2D eigenvalue weighted by Gasteiger charge is -2.31. The molecule has 3 aliphatic rings. The average Bonchev–Trinajstić information content (AvgIpc) is 2.63. The fraction of sp³-hybridized carbons (Fsp3) is 0.600. The maximum absolute atomic E-state index is 13.2. The molecule has 0 aromatic carbocycles. The molecule has 3 nitrogen and oxygen atoms in total. The molecule has 3 atom stereocenters. The summed E-state index contributed by atoms with van der Waals surface area (Å²) in [5, 5.41) is 0. The molecule has 0 radical (unpaired) electrons. The van der Waals surface area contributed by atoms with E-state index in [1.165, 1.54) is 18.2 Å². The van der Waals surface area contributed by atoms with Gasteiger partial charge in [-0.25, -0.2) is 0 Å². The number of hydrogen-bond acceptors (Lipinski definition) is 3. The summed E-state index contributed by atoms with van der Waals surface area (Å²) < 4.78 is 90.2. The number of rotatable bonds is 4. The Morgan fingerprint density at radius 1 is 1.00 bits per heavy atom. The van der Waals surface area contributed by atoms with Gasteiger partial charge in [-0.1, -0.05) is 12.2 Å². The van der Waals surface area contributed by atoms with Crippen LogP contribution in [0.25, 0.3) is 0 Å². The molecule has 9 heteroatoms. The molecule has 0 aromatic heterocycles. The van der Waals surface area contributed by atoms with Crippen molar-refractivity contribution in [2.75, 3.05) is 0 Å². The number of allylic oxidation sites excluding steroid dienone is 6. The molecular formula is C20H23F6NO2. The zero-order valence-electron chi connectivity index (χ0n) is 15.7. The quantitative estimate of drug-likeness (QED) is 0.581. The van der Waals surface area contributed by atoms with E-state index < -0.39 is 36.0 Å². The van der Waals surface area contributed by atoms with Gasteiger partial charge in [-0.05, 0) is 37.8 Å². The van der Waals surface area contributed by atoms with Crippen LogP contribution < -0.4 is 5.73 Å². The SMILES string of the molecule is NC1CCC(OC2CC=C(OC3=CC=CCC3C(F)(F)F)CC2)=C(C(F)(F)F)C1. The Morgan fingerprint density at radius 2 is 1.76 bits per heavy atom. The topological polar surface area (TPSA) is 44.5 Å². The highest BCUT2D eigenvalue weighted by Gasteiger charge is 2.44. The van der Waals surface area contributed by atoms with Crippen LogP contribution in [0.1, 0.15) is 44.9 Å². The molecule has 0 spiro atoms. The van der Waals surface area contributed by atoms with Gasteiger partial charge in [0.25, 0.3) is 0 Å². The fourth-order valence-corrected chi connectivity index (χ4v) is 3.70. The number of halogens is 6. The molecule has 0 aromatic rings. The lowest BCUT2D eigenvalue weighted by atomic mass is 9.93. The Kier molecular flexibility index (Phi) is 6.36. The van der Waals surface area contributed by atoms with Crippen molar-refractivity contribution in [3.8, 4) is 0 Å². The molecule has 3 rings (SSSR count). The normalized spacial score (nSPS) is 28.7. The predicted molar refractivity (Wildman–Crippen MR) is 94.2 cm³/mol. The van der Waals surface area contributed by atoms with Crippen LogP contribution in [0, 0.1) is 5.92 Å². The monoisotopic (exact) mass is 423 g/mol. The van der Waals surface area contributed by atoms with Gasteiger partial charge in [0.2, 0.25) is 0 Å². The van der Waals surface area contributed by atoms with Crippen LogP contribution in [-0.2, 0) is 9.47 Å². The molecule has 3 unspecified atom stereocenters. The number of alkyl halides is 6. The van der Waals surface area contributed by atoms with Gasteiger partial charge in [-0.15, -0.1) is 0 Å². The Balaban J connectivity index is 1.63. The first-order valence-corrected chi connectivity index (χ1v) is 9.56. The number of hydrogen-bond donors (Lipinski definition) is 1. The molecule has 0 amide bonds. The third-order valence-electron chi connectivity index (χ3n) is 5.27. The van der Waals surface area contributed by atoms with Crippen molar-refractivity contribution >= 4 is 0 Å². The molecule has 0 saturated carbocycles. The molecule has 3 aliphatic carbocycles. The zero-order chi connectivity index (χ0) is 21.2. The highest BCUT2D eigenvalue weighted by atomic mass is 19.4. The second-order valence-electron chi connectivity index (χ2n) is 7.52. The van der Waals surface area contributed by atoms with Gasteiger partial charge < -0.3 is 15.2 Å². The van der Waals surface area contributed by atoms with E-state index in [4.69, 9.17) is 15.2 Å². The molecular weight excluding hydrogens is 400 g/mol. The summed E-state index contributed by atoms with van der Waals surface area (Å²) in [6.45, 7) is 0. The highest BCUT2D eigenvalue weighted by molar-refractivity contribution is 5.21. The van der Waals surface area contributed by atoms with E-state index in [9.17, 15) is 26.3 Å². The van der Waals surface area contributed by atoms with Gasteiger partial charge in [0.05, 0.1) is 11.3 Å². The number of ether oxygens (including phenoxy) is 2. The van der Waals surface area contributed by atoms with E-state index in [1.54, 1.807) is 6.08 Å². The Labute approximate surface area is 164 Å². The van der Waals surface area contributed by atoms with E-state index in [2.05, 4.69) is 0 Å². The van der Waals surface area contributed by atoms with E-state index in [-0.39, 0.29) is 37.2 Å². The maximum Gasteiger partial charge on any atom is 0.415 e. The Bertz CT molecular complexity index is 732. The standard InChI is InChI=1S/C20H23F6NO2/c21-19(22,23)15-3-1-2-4-17(15)28-13-6-8-14(9-7-13)29-18-10-5-12(27)11-16(18)20(24,25)26/h1-2,4,6,12,14-15H,3,5,7-11,27H2. The summed E-state index contributed by atoms with van der Waals surface area (Å²) in [5.74, 6) is -1.53. The lowest BCUT2D eigenvalue weighted by Crippen LogP contribution is -2.32. The Hall–Kier alpha value is -1.90. The second-order valence-corrected chi connectivity index (χ2v) is 7.52. The van der Waals surface area contributed by atoms with Crippen LogP contribution >= 0.6 is 0 Å². The van der Waals surface area contributed by atoms with Gasteiger partial charge >= 0.3 is 12.4 Å². The van der Waals surface area contributed by atoms with E-state index in [0.29, 0.717) is 25.0 Å². The first kappa shape index (κ1) is 21.8. The third-order valence-corrected chi connectivity index (χ3v) is 5.27. The summed E-state index contributed by atoms with van der Waals surface area (Å²) in [6, 6.07) is -0.537. The van der Waals surface area contributed by atoms with Gasteiger partial charge in [-0.3, -0.25) is 0 Å². The van der Waals surface area contributed by atoms with Crippen molar-refractivity contribution in [2.24, 2.45) is 11.7 Å². The minimum Gasteiger partial charge on any atom is -0.494 e. The number of nitrogens with two attached hydrogens (primary N) is 1. The fourth-order valence-electron chi connectivity index (χ4n) is 3.70. The third kappa shape index (κ3) is 5.58. The molecule has 0 heterocycles. The average molecular weight is 423 g/mol. The van der Waals surface area contributed by atoms with Crippen LogP contribution in [0.2, 0.25) is 0 Å². The smallest absolute Gasteiger partial charge is 0.415 e. The van der Waals surface area contributed by atoms with Crippen LogP contribution in [0.3, 0.4) is 0 Å². The highest BCUT2D eigenvalue weighted by Crippen LogP contribution is 2.40. The van der Waals surface area contributed by atoms with Crippen LogP contribution in [0.4, 0.5) is 26.3 Å². The van der Waals surface area contributed by atoms with Crippen molar-refractivity contribution < 1.29 is 35.8 Å². The van der Waals surface area contributed by atoms with Crippen LogP contribution in [0.15, 0.2) is 47.2 Å². The van der Waals surface area contributed by atoms with E-state index in [1.807, 2.05) is 0 Å². The largest absolute Gasteiger partial charge is 0.494 e. The first-order chi connectivity index (χ1) is 13.5. The molecule has 29 heavy (non-hydrogen) atoms. The summed E-state index contributed by atoms with van der Waals surface area (Å²) in [5.41, 5.74) is 4.95. The molecule has 2 N–H and O–H groups in total. The minimum atomic E-state index is -4.49. The van der Waals surface area contributed by atoms with E-state index >= 15 is 0 Å². The second kappa shape index (κ2) is 8.45. The summed E-state index contributed by atoms with van der Waals surface area (Å²) in [6.07, 6.45) is -2.45. The lowest BCUT2D eigenvalue weighted by molar-refractivity contribution is -0.171. The molecule has 162 valence electrons. The van der Waals surface area contributed by atoms with E-state index in [0.717, 1.165) is 0 Å². The minimum absolute atomic E-state index is 0.0702. The molecule has 0 fully saturated rings. The zero-order valence-corrected chi connectivity index (χ0v) is 15.7. The van der Waals surface area contributed by atoms with Gasteiger partial charge in [0, 0.05) is 25.3 Å². The van der Waals surface area contributed by atoms with Gasteiger partial charge in [0.1, 0.15) is 23.5 Å². The maximum atomic E-state index is 13.2. The predicted octanol–water partition coefficient (Wildman–Crippen LogP) is 5.81.